The number of nitrogens with one attached hydrogen (secondary N) is 1. The molecule has 0 amide bonds. The molecule has 0 bridgehead atoms. The van der Waals surface area contributed by atoms with E-state index < -0.39 is 44.3 Å². The molecule has 1 aromatic carbocycles. The van der Waals surface area contributed by atoms with Gasteiger partial charge in [-0.2, -0.15) is 0 Å². The van der Waals surface area contributed by atoms with E-state index in [0.717, 1.165) is 10.8 Å². The predicted octanol–water partition coefficient (Wildman–Crippen LogP) is 2.86. The van der Waals surface area contributed by atoms with Crippen molar-refractivity contribution in [3.63, 3.8) is 0 Å². The van der Waals surface area contributed by atoms with Crippen molar-refractivity contribution in [1.29, 1.82) is 0 Å². The number of phosphoric ester groups is 1. The molecule has 0 saturated carbocycles. The summed E-state index contributed by atoms with van der Waals surface area (Å²) < 4.78 is 49.2. The Kier molecular flexibility index (Phi) is 6.05. The lowest BCUT2D eigenvalue weighted by Crippen LogP contribution is -2.43. The van der Waals surface area contributed by atoms with Crippen molar-refractivity contribution >= 4 is 43.2 Å². The maximum absolute atomic E-state index is 15.3. The van der Waals surface area contributed by atoms with E-state index in [0.29, 0.717) is 10.6 Å². The molecule has 4 rings (SSSR count). The summed E-state index contributed by atoms with van der Waals surface area (Å²) >= 11 is 16.6. The van der Waals surface area contributed by atoms with Crippen molar-refractivity contribution in [2.75, 3.05) is 6.61 Å². The number of alkyl halides is 1. The van der Waals surface area contributed by atoms with Gasteiger partial charge in [0.2, 0.25) is 0 Å². The zero-order chi connectivity index (χ0) is 22.6. The van der Waals surface area contributed by atoms with Crippen molar-refractivity contribution in [1.82, 2.24) is 9.55 Å². The Morgan fingerprint density at radius 2 is 2.16 bits per heavy atom. The van der Waals surface area contributed by atoms with Crippen LogP contribution < -0.4 is 10.1 Å². The smallest absolute Gasteiger partial charge is 0.404 e. The van der Waals surface area contributed by atoms with Crippen molar-refractivity contribution < 1.29 is 37.5 Å². The number of nitrogens with zero attached hydrogens (tertiary/aromatic N) is 1. The van der Waals surface area contributed by atoms with E-state index in [1.165, 1.54) is 12.1 Å². The molecule has 5 atom stereocenters. The number of rotatable bonds is 4. The van der Waals surface area contributed by atoms with Gasteiger partial charge in [-0.1, -0.05) is 23.2 Å². The summed E-state index contributed by atoms with van der Waals surface area (Å²) in [5.41, 5.74) is -0.188. The summed E-state index contributed by atoms with van der Waals surface area (Å²) in [5.74, 6) is -2.85. The molecular formula is C16H14Cl2FN2O8PS. The number of aliphatic hydroxyl groups excluding tert-OH is 2. The fraction of sp³-hybridized carbons (Fsp3) is 0.375. The highest BCUT2D eigenvalue weighted by Gasteiger charge is 2.57. The number of aromatic amines is 1. The molecule has 0 radical (unpaired) electrons. The number of aromatic nitrogens is 2. The largest absolute Gasteiger partial charge is 0.530 e. The molecule has 0 spiro atoms. The highest BCUT2D eigenvalue weighted by molar-refractivity contribution is 7.71. The summed E-state index contributed by atoms with van der Waals surface area (Å²) in [4.78, 5) is 13.7. The number of ether oxygens (including phenoxy) is 1. The highest BCUT2D eigenvalue weighted by atomic mass is 35.5. The van der Waals surface area contributed by atoms with Crippen molar-refractivity contribution in [3.8, 4) is 5.75 Å². The van der Waals surface area contributed by atoms with Crippen molar-refractivity contribution in [3.05, 3.63) is 55.1 Å². The fourth-order valence-corrected chi connectivity index (χ4v) is 4.84. The number of halogens is 3. The molecule has 10 nitrogen and oxygen atoms in total. The second-order valence-electron chi connectivity index (χ2n) is 6.71. The summed E-state index contributed by atoms with van der Waals surface area (Å²) in [7, 11) is -4.27. The topological polar surface area (TPSA) is 132 Å². The molecular weight excluding hydrogens is 501 g/mol. The molecule has 1 unspecified atom stereocenters. The van der Waals surface area contributed by atoms with Gasteiger partial charge in [0.1, 0.15) is 29.6 Å². The van der Waals surface area contributed by atoms with Gasteiger partial charge in [-0.3, -0.25) is 23.4 Å². The van der Waals surface area contributed by atoms with Crippen LogP contribution in [-0.4, -0.2) is 44.4 Å². The molecule has 1 aromatic heterocycles. The van der Waals surface area contributed by atoms with Crippen molar-refractivity contribution in [2.45, 2.75) is 30.9 Å². The lowest BCUT2D eigenvalue weighted by molar-refractivity contribution is -0.205. The van der Waals surface area contributed by atoms with E-state index >= 15 is 4.39 Å². The molecule has 1 fully saturated rings. The van der Waals surface area contributed by atoms with Crippen LogP contribution >= 0.6 is 43.2 Å². The Morgan fingerprint density at radius 1 is 1.42 bits per heavy atom. The van der Waals surface area contributed by atoms with Crippen LogP contribution in [0.15, 0.2) is 29.2 Å². The molecule has 2 aromatic rings. The van der Waals surface area contributed by atoms with Gasteiger partial charge in [0.15, 0.2) is 11.0 Å². The molecule has 3 heterocycles. The standard InChI is InChI=1S/C16H14Cl2FN2O8PS/c17-8-1-2-10-7(3-8)5-26-30(25,29-10)27-6-16(19)12(23)11(22)14(28-16)21-4-9(18)13(24)20-15(21)31/h1-4,11-12,14,22-23H,5-6H2,(H,20,24,31)/t11-,12+,14-,16-,30?/m1/s1. The number of phosphoric acid groups is 1. The quantitative estimate of drug-likeness (QED) is 0.416. The van der Waals surface area contributed by atoms with E-state index in [-0.39, 0.29) is 22.2 Å². The van der Waals surface area contributed by atoms with Crippen LogP contribution in [0.1, 0.15) is 11.8 Å². The van der Waals surface area contributed by atoms with E-state index in [4.69, 9.17) is 53.7 Å². The molecule has 2 aliphatic rings. The number of aliphatic hydroxyl groups is 2. The maximum Gasteiger partial charge on any atom is 0.530 e. The molecule has 31 heavy (non-hydrogen) atoms. The second-order valence-corrected chi connectivity index (χ2v) is 9.53. The van der Waals surface area contributed by atoms with Crippen LogP contribution in [0.2, 0.25) is 10.0 Å². The Hall–Kier alpha value is -1.34. The van der Waals surface area contributed by atoms with Crippen LogP contribution in [-0.2, 0) is 25.0 Å². The minimum Gasteiger partial charge on any atom is -0.404 e. The fourth-order valence-electron chi connectivity index (χ4n) is 3.02. The predicted molar refractivity (Wildman–Crippen MR) is 107 cm³/mol. The van der Waals surface area contributed by atoms with Gasteiger partial charge in [0.25, 0.3) is 11.4 Å². The first-order chi connectivity index (χ1) is 14.5. The minimum atomic E-state index is -4.27. The van der Waals surface area contributed by atoms with Crippen LogP contribution in [0, 0.1) is 4.77 Å². The molecule has 15 heteroatoms. The first kappa shape index (κ1) is 22.8. The van der Waals surface area contributed by atoms with E-state index in [9.17, 15) is 19.6 Å². The van der Waals surface area contributed by atoms with Crippen LogP contribution in [0.4, 0.5) is 4.39 Å². The summed E-state index contributed by atoms with van der Waals surface area (Å²) in [5, 5.41) is 20.6. The second kappa shape index (κ2) is 8.22. The van der Waals surface area contributed by atoms with Gasteiger partial charge < -0.3 is 19.5 Å². The summed E-state index contributed by atoms with van der Waals surface area (Å²) in [6, 6.07) is 4.49. The van der Waals surface area contributed by atoms with Gasteiger partial charge >= 0.3 is 7.82 Å². The average molecular weight is 515 g/mol. The third-order valence-electron chi connectivity index (χ3n) is 4.60. The summed E-state index contributed by atoms with van der Waals surface area (Å²) in [6.07, 6.45) is -4.51. The Bertz CT molecular complexity index is 1190. The first-order valence-electron chi connectivity index (χ1n) is 8.62. The zero-order valence-corrected chi connectivity index (χ0v) is 18.5. The van der Waals surface area contributed by atoms with Gasteiger partial charge in [0.05, 0.1) is 6.61 Å². The lowest BCUT2D eigenvalue weighted by atomic mass is 10.1. The van der Waals surface area contributed by atoms with Crippen molar-refractivity contribution in [2.24, 2.45) is 0 Å². The Morgan fingerprint density at radius 3 is 2.90 bits per heavy atom. The van der Waals surface area contributed by atoms with Gasteiger partial charge in [0, 0.05) is 16.8 Å². The van der Waals surface area contributed by atoms with E-state index in [2.05, 4.69) is 4.98 Å². The number of hydrogen-bond donors (Lipinski definition) is 3. The van der Waals surface area contributed by atoms with Gasteiger partial charge in [-0.05, 0) is 30.4 Å². The number of H-pyrrole nitrogens is 1. The van der Waals surface area contributed by atoms with Gasteiger partial charge in [-0.15, -0.1) is 0 Å². The monoisotopic (exact) mass is 514 g/mol. The van der Waals surface area contributed by atoms with E-state index in [1.807, 2.05) is 0 Å². The normalized spacial score (nSPS) is 32.5. The van der Waals surface area contributed by atoms with Gasteiger partial charge in [-0.25, -0.2) is 8.96 Å². The SMILES string of the molecule is O=c1[nH]c(=S)n([C@@H]2O[C@](F)(COP3(=O)OCc4cc(Cl)ccc4O3)[C@@H](O)[C@H]2O)cc1Cl. The zero-order valence-electron chi connectivity index (χ0n) is 15.2. The van der Waals surface area contributed by atoms with Crippen LogP contribution in [0.5, 0.6) is 5.75 Å². The average Bonchev–Trinajstić information content (AvgIpc) is 2.94. The maximum atomic E-state index is 15.3. The molecule has 0 aliphatic carbocycles. The number of benzene rings is 1. The molecule has 1 saturated heterocycles. The third-order valence-corrected chi connectivity index (χ3v) is 6.73. The highest BCUT2D eigenvalue weighted by Crippen LogP contribution is 2.56. The minimum absolute atomic E-state index is 0.173. The van der Waals surface area contributed by atoms with Crippen LogP contribution in [0.25, 0.3) is 0 Å². The molecule has 168 valence electrons. The number of hydrogen-bond acceptors (Lipinski definition) is 9. The van der Waals surface area contributed by atoms with Crippen LogP contribution in [0.3, 0.4) is 0 Å². The first-order valence-corrected chi connectivity index (χ1v) is 11.2. The third kappa shape index (κ3) is 4.32. The van der Waals surface area contributed by atoms with E-state index in [1.54, 1.807) is 6.07 Å². The molecule has 2 aliphatic heterocycles. The number of fused-ring (bicyclic) bond motifs is 1. The molecule has 3 N–H and O–H groups in total. The lowest BCUT2D eigenvalue weighted by Gasteiger charge is -2.28. The Labute approximate surface area is 188 Å². The summed E-state index contributed by atoms with van der Waals surface area (Å²) in [6.45, 7) is -1.29. The Balaban J connectivity index is 1.52.